The highest BCUT2D eigenvalue weighted by Crippen LogP contribution is 2.26. The molecule has 1 atom stereocenters. The first kappa shape index (κ1) is 23.7. The highest BCUT2D eigenvalue weighted by molar-refractivity contribution is 7.86. The third-order valence-electron chi connectivity index (χ3n) is 4.06. The Hall–Kier alpha value is -2.95. The van der Waals surface area contributed by atoms with Crippen LogP contribution in [0.2, 0.25) is 5.02 Å². The molecular formula is C21H22ClN3O6S. The molecule has 0 bridgehead atoms. The molecule has 0 aliphatic carbocycles. The van der Waals surface area contributed by atoms with Gasteiger partial charge in [-0.15, -0.1) is 0 Å². The Morgan fingerprint density at radius 3 is 2.50 bits per heavy atom. The summed E-state index contributed by atoms with van der Waals surface area (Å²) in [5.41, 5.74) is 0.434. The van der Waals surface area contributed by atoms with Crippen molar-refractivity contribution in [2.24, 2.45) is 0 Å². The smallest absolute Gasteiger partial charge is 0.435 e. The van der Waals surface area contributed by atoms with Gasteiger partial charge in [-0.25, -0.2) is 4.79 Å². The number of nitrogens with zero attached hydrogens (tertiary/aromatic N) is 2. The summed E-state index contributed by atoms with van der Waals surface area (Å²) in [5, 5.41) is 7.57. The number of rotatable bonds is 5. The van der Waals surface area contributed by atoms with Gasteiger partial charge in [-0.2, -0.15) is 18.2 Å². The molecule has 0 aliphatic rings. The Morgan fingerprint density at radius 2 is 1.88 bits per heavy atom. The lowest BCUT2D eigenvalue weighted by atomic mass is 10.1. The number of ether oxygens (including phenoxy) is 1. The molecule has 0 spiro atoms. The lowest BCUT2D eigenvalue weighted by Gasteiger charge is -2.19. The van der Waals surface area contributed by atoms with Crippen LogP contribution in [0.3, 0.4) is 0 Å². The lowest BCUT2D eigenvalue weighted by molar-refractivity contribution is -0.122. The summed E-state index contributed by atoms with van der Waals surface area (Å²) in [7, 11) is -3.95. The quantitative estimate of drug-likeness (QED) is 0.547. The first-order chi connectivity index (χ1) is 14.8. The normalized spacial score (nSPS) is 13.0. The van der Waals surface area contributed by atoms with Crippen molar-refractivity contribution in [2.75, 3.05) is 11.6 Å². The molecule has 170 valence electrons. The van der Waals surface area contributed by atoms with E-state index in [0.717, 1.165) is 10.9 Å². The Labute approximate surface area is 190 Å². The van der Waals surface area contributed by atoms with E-state index in [1.165, 1.54) is 18.3 Å². The van der Waals surface area contributed by atoms with Gasteiger partial charge < -0.3 is 10.1 Å². The van der Waals surface area contributed by atoms with E-state index in [0.29, 0.717) is 21.6 Å². The van der Waals surface area contributed by atoms with Crippen LogP contribution in [-0.4, -0.2) is 42.1 Å². The number of fused-ring (bicyclic) bond motifs is 1. The molecule has 0 fully saturated rings. The van der Waals surface area contributed by atoms with Crippen LogP contribution in [-0.2, 0) is 23.8 Å². The van der Waals surface area contributed by atoms with Crippen molar-refractivity contribution in [3.8, 4) is 0 Å². The molecule has 0 unspecified atom stereocenters. The predicted molar refractivity (Wildman–Crippen MR) is 120 cm³/mol. The van der Waals surface area contributed by atoms with Gasteiger partial charge in [0.2, 0.25) is 0 Å². The molecule has 3 aromatic rings. The van der Waals surface area contributed by atoms with Gasteiger partial charge in [-0.3, -0.25) is 8.98 Å². The molecule has 0 aliphatic heterocycles. The summed E-state index contributed by atoms with van der Waals surface area (Å²) in [6.45, 7) is 5.25. The number of aromatic nitrogens is 2. The van der Waals surface area contributed by atoms with E-state index in [1.807, 2.05) is 0 Å². The zero-order valence-electron chi connectivity index (χ0n) is 17.8. The number of anilines is 1. The van der Waals surface area contributed by atoms with Crippen molar-refractivity contribution in [1.82, 2.24) is 9.78 Å². The second-order valence-corrected chi connectivity index (χ2v) is 10.1. The zero-order valence-corrected chi connectivity index (χ0v) is 19.4. The Balaban J connectivity index is 1.86. The minimum Gasteiger partial charge on any atom is -0.442 e. The molecule has 0 radical (unpaired) electrons. The van der Waals surface area contributed by atoms with Crippen LogP contribution in [0.4, 0.5) is 10.5 Å². The fourth-order valence-electron chi connectivity index (χ4n) is 2.86. The van der Waals surface area contributed by atoms with E-state index in [9.17, 15) is 18.0 Å². The second kappa shape index (κ2) is 8.89. The second-order valence-electron chi connectivity index (χ2n) is 8.03. The number of amides is 1. The molecule has 1 aromatic heterocycles. The predicted octanol–water partition coefficient (Wildman–Crippen LogP) is 4.13. The third-order valence-corrected chi connectivity index (χ3v) is 4.84. The zero-order chi connectivity index (χ0) is 23.7. The first-order valence-electron chi connectivity index (χ1n) is 9.48. The third kappa shape index (κ3) is 6.06. The SMILES string of the molecule is CC(C)(C)OC(=O)n1ncc2cc(NC(=O)[C@H](OS(C)(=O)=O)c3cccc(Cl)c3)ccc21. The van der Waals surface area contributed by atoms with Gasteiger partial charge in [0.15, 0.2) is 6.10 Å². The van der Waals surface area contributed by atoms with Crippen LogP contribution in [0.25, 0.3) is 10.9 Å². The van der Waals surface area contributed by atoms with E-state index in [4.69, 9.17) is 20.5 Å². The van der Waals surface area contributed by atoms with Crippen molar-refractivity contribution >= 4 is 50.3 Å². The minimum absolute atomic E-state index is 0.277. The topological polar surface area (TPSA) is 117 Å². The number of carbonyl (C=O) groups is 2. The molecule has 1 heterocycles. The molecule has 3 rings (SSSR count). The maximum Gasteiger partial charge on any atom is 0.435 e. The van der Waals surface area contributed by atoms with Crippen LogP contribution < -0.4 is 5.32 Å². The summed E-state index contributed by atoms with van der Waals surface area (Å²) in [6.07, 6.45) is 0.237. The van der Waals surface area contributed by atoms with Crippen molar-refractivity contribution in [1.29, 1.82) is 0 Å². The molecule has 0 saturated heterocycles. The van der Waals surface area contributed by atoms with Crippen LogP contribution in [0, 0.1) is 0 Å². The van der Waals surface area contributed by atoms with Crippen LogP contribution in [0.5, 0.6) is 0 Å². The van der Waals surface area contributed by atoms with Crippen LogP contribution >= 0.6 is 11.6 Å². The van der Waals surface area contributed by atoms with Gasteiger partial charge in [0.1, 0.15) is 5.60 Å². The lowest BCUT2D eigenvalue weighted by Crippen LogP contribution is -2.27. The molecule has 11 heteroatoms. The van der Waals surface area contributed by atoms with Crippen molar-refractivity contribution in [2.45, 2.75) is 32.5 Å². The van der Waals surface area contributed by atoms with Crippen molar-refractivity contribution in [3.05, 3.63) is 59.2 Å². The number of nitrogens with one attached hydrogen (secondary N) is 1. The van der Waals surface area contributed by atoms with Gasteiger partial charge in [0.25, 0.3) is 16.0 Å². The van der Waals surface area contributed by atoms with Gasteiger partial charge >= 0.3 is 6.09 Å². The molecule has 9 nitrogen and oxygen atoms in total. The van der Waals surface area contributed by atoms with Gasteiger partial charge in [0, 0.05) is 16.1 Å². The summed E-state index contributed by atoms with van der Waals surface area (Å²) in [5.74, 6) is -0.712. The molecule has 0 saturated carbocycles. The molecule has 1 amide bonds. The van der Waals surface area contributed by atoms with E-state index < -0.39 is 33.8 Å². The van der Waals surface area contributed by atoms with E-state index in [-0.39, 0.29) is 5.56 Å². The Kier molecular flexibility index (Phi) is 6.59. The maximum atomic E-state index is 12.9. The minimum atomic E-state index is -3.95. The summed E-state index contributed by atoms with van der Waals surface area (Å²) < 4.78 is 34.9. The number of hydrogen-bond donors (Lipinski definition) is 1. The molecular weight excluding hydrogens is 458 g/mol. The van der Waals surface area contributed by atoms with E-state index >= 15 is 0 Å². The maximum absolute atomic E-state index is 12.9. The summed E-state index contributed by atoms with van der Waals surface area (Å²) in [4.78, 5) is 25.2. The summed E-state index contributed by atoms with van der Waals surface area (Å²) in [6, 6.07) is 10.9. The highest BCUT2D eigenvalue weighted by atomic mass is 35.5. The fourth-order valence-corrected chi connectivity index (χ4v) is 3.61. The monoisotopic (exact) mass is 479 g/mol. The summed E-state index contributed by atoms with van der Waals surface area (Å²) >= 11 is 5.97. The standard InChI is InChI=1S/C21H22ClN3O6S/c1-21(2,3)30-20(27)25-17-9-8-16(11-14(17)12-23-25)24-19(26)18(31-32(4,28)29)13-6-5-7-15(22)10-13/h5-12,18H,1-4H3,(H,24,26)/t18-/m1/s1. The molecule has 2 aromatic carbocycles. The van der Waals surface area contributed by atoms with Gasteiger partial charge in [-0.05, 0) is 56.7 Å². The number of benzene rings is 2. The van der Waals surface area contributed by atoms with E-state index in [1.54, 1.807) is 51.1 Å². The van der Waals surface area contributed by atoms with Crippen molar-refractivity contribution in [3.63, 3.8) is 0 Å². The fraction of sp³-hybridized carbons (Fsp3) is 0.286. The largest absolute Gasteiger partial charge is 0.442 e. The Bertz CT molecular complexity index is 1280. The molecule has 1 N–H and O–H groups in total. The average molecular weight is 480 g/mol. The highest BCUT2D eigenvalue weighted by Gasteiger charge is 2.27. The van der Waals surface area contributed by atoms with Crippen molar-refractivity contribution < 1.29 is 26.9 Å². The Morgan fingerprint density at radius 1 is 1.16 bits per heavy atom. The van der Waals surface area contributed by atoms with Crippen LogP contribution in [0.15, 0.2) is 48.7 Å². The van der Waals surface area contributed by atoms with Gasteiger partial charge in [-0.1, -0.05) is 23.7 Å². The number of carbonyl (C=O) groups excluding carboxylic acids is 2. The number of halogens is 1. The number of hydrogen-bond acceptors (Lipinski definition) is 7. The van der Waals surface area contributed by atoms with Gasteiger partial charge in [0.05, 0.1) is 18.0 Å². The van der Waals surface area contributed by atoms with E-state index in [2.05, 4.69) is 10.4 Å². The average Bonchev–Trinajstić information content (AvgIpc) is 3.07. The molecule has 32 heavy (non-hydrogen) atoms. The first-order valence-corrected chi connectivity index (χ1v) is 11.7. The van der Waals surface area contributed by atoms with Crippen LogP contribution in [0.1, 0.15) is 32.4 Å².